The summed E-state index contributed by atoms with van der Waals surface area (Å²) < 4.78 is 10.8. The molecule has 1 atom stereocenters. The summed E-state index contributed by atoms with van der Waals surface area (Å²) in [6.07, 6.45) is 3.81. The number of esters is 1. The molecule has 1 unspecified atom stereocenters. The maximum Gasteiger partial charge on any atom is 0.341 e. The number of nitrogens with one attached hydrogen (secondary N) is 1. The number of thiophene rings is 1. The van der Waals surface area contributed by atoms with Crippen LogP contribution in [0.3, 0.4) is 0 Å². The molecular formula is C16H19N3O5S2. The highest BCUT2D eigenvalue weighted by atomic mass is 32.2. The van der Waals surface area contributed by atoms with E-state index in [-0.39, 0.29) is 10.9 Å². The molecule has 8 nitrogen and oxygen atoms in total. The fourth-order valence-electron chi connectivity index (χ4n) is 2.84. The lowest BCUT2D eigenvalue weighted by molar-refractivity contribution is -0.772. The van der Waals surface area contributed by atoms with Crippen LogP contribution in [0.2, 0.25) is 0 Å². The van der Waals surface area contributed by atoms with Gasteiger partial charge in [-0.05, 0) is 49.9 Å². The minimum absolute atomic E-state index is 0.242. The number of methoxy groups -OCH3 is 1. The quantitative estimate of drug-likeness (QED) is 0.462. The smallest absolute Gasteiger partial charge is 0.341 e. The molecule has 0 fully saturated rings. The van der Waals surface area contributed by atoms with Gasteiger partial charge in [0.25, 0.3) is 5.03 Å². The van der Waals surface area contributed by atoms with E-state index in [1.54, 1.807) is 14.0 Å². The summed E-state index contributed by atoms with van der Waals surface area (Å²) in [4.78, 5) is 25.9. The Labute approximate surface area is 158 Å². The predicted octanol–water partition coefficient (Wildman–Crippen LogP) is 1.42. The number of amides is 1. The number of aromatic nitrogens is 2. The highest BCUT2D eigenvalue weighted by Crippen LogP contribution is 2.39. The third-order valence-electron chi connectivity index (χ3n) is 4.17. The van der Waals surface area contributed by atoms with E-state index in [1.165, 1.54) is 23.1 Å². The number of fused-ring (bicyclic) bond motifs is 1. The average Bonchev–Trinajstić information content (AvgIpc) is 3.15. The Morgan fingerprint density at radius 1 is 1.42 bits per heavy atom. The molecule has 10 heteroatoms. The first kappa shape index (κ1) is 18.7. The second kappa shape index (κ2) is 7.67. The number of hydrogen-bond acceptors (Lipinski definition) is 8. The number of rotatable bonds is 5. The molecule has 1 aliphatic carbocycles. The summed E-state index contributed by atoms with van der Waals surface area (Å²) in [5.74, 6) is -1.33. The lowest BCUT2D eigenvalue weighted by atomic mass is 9.95. The highest BCUT2D eigenvalue weighted by molar-refractivity contribution is 8.00. The molecule has 26 heavy (non-hydrogen) atoms. The van der Waals surface area contributed by atoms with E-state index in [9.17, 15) is 14.7 Å². The number of anilines is 1. The van der Waals surface area contributed by atoms with Crippen LogP contribution < -0.4 is 15.1 Å². The molecule has 0 saturated carbocycles. The normalized spacial score (nSPS) is 14.6. The highest BCUT2D eigenvalue weighted by Gasteiger charge is 2.29. The van der Waals surface area contributed by atoms with E-state index in [2.05, 4.69) is 15.1 Å². The Hall–Kier alpha value is -2.07. The van der Waals surface area contributed by atoms with Crippen molar-refractivity contribution in [1.82, 2.24) is 5.27 Å². The third kappa shape index (κ3) is 3.56. The van der Waals surface area contributed by atoms with Gasteiger partial charge in [0.1, 0.15) is 5.00 Å². The number of carbonyl (C=O) groups is 2. The van der Waals surface area contributed by atoms with E-state index in [1.807, 2.05) is 0 Å². The number of ether oxygens (including phenoxy) is 1. The fraction of sp³-hybridized carbons (Fsp3) is 0.500. The van der Waals surface area contributed by atoms with Crippen LogP contribution in [-0.4, -0.2) is 29.5 Å². The van der Waals surface area contributed by atoms with Gasteiger partial charge in [-0.3, -0.25) is 4.79 Å². The van der Waals surface area contributed by atoms with Crippen LogP contribution in [0.5, 0.6) is 5.95 Å². The second-order valence-corrected chi connectivity index (χ2v) is 8.38. The SMILES string of the molecule is COC(=O)c1c(NC(=O)C(C)Sc2c([O-])on[n+]2C)sc2c1CCCC2. The van der Waals surface area contributed by atoms with Crippen LogP contribution >= 0.6 is 23.1 Å². The van der Waals surface area contributed by atoms with Crippen LogP contribution in [0.15, 0.2) is 9.55 Å². The number of thioether (sulfide) groups is 1. The molecule has 1 N–H and O–H groups in total. The van der Waals surface area contributed by atoms with Crippen molar-refractivity contribution in [2.45, 2.75) is 42.9 Å². The average molecular weight is 397 g/mol. The number of hydrogen-bond donors (Lipinski definition) is 1. The minimum atomic E-state index is -0.584. The summed E-state index contributed by atoms with van der Waals surface area (Å²) in [7, 11) is 2.90. The molecule has 3 rings (SSSR count). The van der Waals surface area contributed by atoms with Crippen molar-refractivity contribution in [2.24, 2.45) is 7.05 Å². The van der Waals surface area contributed by atoms with E-state index >= 15 is 0 Å². The van der Waals surface area contributed by atoms with Crippen molar-refractivity contribution in [2.75, 3.05) is 12.4 Å². The molecule has 1 amide bonds. The maximum absolute atomic E-state index is 12.6. The largest absolute Gasteiger partial charge is 0.538 e. The molecule has 0 aliphatic heterocycles. The van der Waals surface area contributed by atoms with Crippen molar-refractivity contribution in [3.63, 3.8) is 0 Å². The molecule has 0 radical (unpaired) electrons. The Bertz CT molecular complexity index is 826. The maximum atomic E-state index is 12.6. The summed E-state index contributed by atoms with van der Waals surface area (Å²) in [5.41, 5.74) is 1.44. The summed E-state index contributed by atoms with van der Waals surface area (Å²) in [6, 6.07) is 0. The van der Waals surface area contributed by atoms with E-state index in [0.29, 0.717) is 10.6 Å². The molecule has 2 heterocycles. The van der Waals surface area contributed by atoms with Gasteiger partial charge in [0.2, 0.25) is 5.91 Å². The molecule has 0 aromatic carbocycles. The first-order valence-corrected chi connectivity index (χ1v) is 9.85. The Kier molecular flexibility index (Phi) is 5.52. The zero-order valence-electron chi connectivity index (χ0n) is 14.7. The van der Waals surface area contributed by atoms with E-state index in [0.717, 1.165) is 47.9 Å². The topological polar surface area (TPSA) is 108 Å². The molecule has 0 bridgehead atoms. The summed E-state index contributed by atoms with van der Waals surface area (Å²) >= 11 is 2.48. The molecule has 140 valence electrons. The van der Waals surface area contributed by atoms with Crippen LogP contribution in [-0.2, 0) is 29.4 Å². The molecule has 1 aliphatic rings. The van der Waals surface area contributed by atoms with Gasteiger partial charge in [-0.25, -0.2) is 4.79 Å². The number of nitrogens with zero attached hydrogens (tertiary/aromatic N) is 2. The van der Waals surface area contributed by atoms with Gasteiger partial charge in [-0.1, -0.05) is 4.68 Å². The van der Waals surface area contributed by atoms with Crippen molar-refractivity contribution < 1.29 is 28.6 Å². The zero-order chi connectivity index (χ0) is 18.8. The molecule has 2 aromatic heterocycles. The number of aryl methyl sites for hydroxylation is 2. The van der Waals surface area contributed by atoms with Crippen molar-refractivity contribution in [3.05, 3.63) is 16.0 Å². The lowest BCUT2D eigenvalue weighted by Crippen LogP contribution is -2.33. The fourth-order valence-corrected chi connectivity index (χ4v) is 4.94. The Morgan fingerprint density at radius 2 is 2.15 bits per heavy atom. The van der Waals surface area contributed by atoms with Gasteiger partial charge in [-0.2, -0.15) is 0 Å². The van der Waals surface area contributed by atoms with Crippen LogP contribution in [0.1, 0.15) is 40.6 Å². The first-order valence-electron chi connectivity index (χ1n) is 8.15. The summed E-state index contributed by atoms with van der Waals surface area (Å²) in [6.45, 7) is 1.68. The Balaban J connectivity index is 1.80. The number of carbonyl (C=O) groups excluding carboxylic acids is 2. The first-order chi connectivity index (χ1) is 12.4. The Morgan fingerprint density at radius 3 is 2.81 bits per heavy atom. The lowest BCUT2D eigenvalue weighted by Gasteiger charge is -2.12. The van der Waals surface area contributed by atoms with Crippen LogP contribution in [0.4, 0.5) is 5.00 Å². The van der Waals surface area contributed by atoms with Crippen molar-refractivity contribution in [3.8, 4) is 5.95 Å². The molecule has 0 saturated heterocycles. The van der Waals surface area contributed by atoms with Crippen LogP contribution in [0, 0.1) is 0 Å². The predicted molar refractivity (Wildman–Crippen MR) is 93.4 cm³/mol. The van der Waals surface area contributed by atoms with Crippen molar-refractivity contribution in [1.29, 1.82) is 0 Å². The van der Waals surface area contributed by atoms with Gasteiger partial charge < -0.3 is 19.7 Å². The zero-order valence-corrected chi connectivity index (χ0v) is 16.3. The molecule has 2 aromatic rings. The van der Waals surface area contributed by atoms with Crippen molar-refractivity contribution >= 4 is 40.0 Å². The van der Waals surface area contributed by atoms with E-state index < -0.39 is 17.2 Å². The molecular weight excluding hydrogens is 378 g/mol. The monoisotopic (exact) mass is 397 g/mol. The standard InChI is InChI=1S/C16H19N3O5S2/c1-8(25-14-16(22)24-18-19(14)2)12(20)17-13-11(15(21)23-3)9-6-4-5-7-10(9)26-13/h8H,4-7H2,1-3H3,(H-,17,18,20,21,22). The van der Waals surface area contributed by atoms with Gasteiger partial charge in [0.15, 0.2) is 13.0 Å². The summed E-state index contributed by atoms with van der Waals surface area (Å²) in [5, 5.41) is 18.1. The van der Waals surface area contributed by atoms with E-state index in [4.69, 9.17) is 4.74 Å². The van der Waals surface area contributed by atoms with Gasteiger partial charge in [0.05, 0.1) is 23.2 Å². The van der Waals surface area contributed by atoms with Gasteiger partial charge in [0, 0.05) is 4.88 Å². The van der Waals surface area contributed by atoms with Gasteiger partial charge >= 0.3 is 5.97 Å². The third-order valence-corrected chi connectivity index (χ3v) is 6.60. The minimum Gasteiger partial charge on any atom is -0.538 e. The molecule has 0 spiro atoms. The van der Waals surface area contributed by atoms with Gasteiger partial charge in [-0.15, -0.1) is 11.3 Å². The second-order valence-electron chi connectivity index (χ2n) is 5.95. The van der Waals surface area contributed by atoms with Crippen LogP contribution in [0.25, 0.3) is 0 Å².